The van der Waals surface area contributed by atoms with Crippen molar-refractivity contribution in [1.29, 1.82) is 0 Å². The highest BCUT2D eigenvalue weighted by atomic mass is 16.5. The summed E-state index contributed by atoms with van der Waals surface area (Å²) in [7, 11) is 1.45. The molecule has 4 aromatic rings. The fourth-order valence-electron chi connectivity index (χ4n) is 10.3. The molecule has 0 unspecified atom stereocenters. The van der Waals surface area contributed by atoms with Crippen LogP contribution in [0, 0.1) is 34.5 Å². The lowest BCUT2D eigenvalue weighted by molar-refractivity contribution is -0.151. The van der Waals surface area contributed by atoms with E-state index in [-0.39, 0.29) is 17.8 Å². The van der Waals surface area contributed by atoms with Crippen LogP contribution in [0.4, 0.5) is 0 Å². The second-order valence-electron chi connectivity index (χ2n) is 21.4. The highest BCUT2D eigenvalue weighted by Gasteiger charge is 2.36. The number of carboxylic acids is 1. The predicted molar refractivity (Wildman–Crippen MR) is 244 cm³/mol. The van der Waals surface area contributed by atoms with Crippen LogP contribution in [0.5, 0.6) is 11.5 Å². The number of carbonyl (C=O) groups is 2. The first kappa shape index (κ1) is 44.3. The molecule has 3 saturated carbocycles. The van der Waals surface area contributed by atoms with Crippen LogP contribution in [-0.2, 0) is 27.4 Å². The number of carbonyl (C=O) groups excluding carboxylic acids is 1. The van der Waals surface area contributed by atoms with Crippen LogP contribution in [0.25, 0.3) is 21.8 Å². The Kier molecular flexibility index (Phi) is 13.2. The number of aromatic nitrogens is 2. The summed E-state index contributed by atoms with van der Waals surface area (Å²) in [4.78, 5) is 36.7. The topological polar surface area (TPSA) is 114 Å². The average molecular weight is 847 g/mol. The molecule has 2 aromatic heterocycles. The third-order valence-corrected chi connectivity index (χ3v) is 14.6. The largest absolute Gasteiger partial charge is 0.490 e. The molecule has 0 spiro atoms. The normalized spacial score (nSPS) is 24.1. The third kappa shape index (κ3) is 10.9. The van der Waals surface area contributed by atoms with Gasteiger partial charge in [-0.3, -0.25) is 29.4 Å². The lowest BCUT2D eigenvalue weighted by Crippen LogP contribution is -2.50. The van der Waals surface area contributed by atoms with Crippen molar-refractivity contribution in [2.45, 2.75) is 137 Å². The second kappa shape index (κ2) is 18.4. The Labute approximate surface area is 369 Å². The molecule has 9 rings (SSSR count). The molecule has 5 fully saturated rings. The van der Waals surface area contributed by atoms with E-state index in [1.807, 2.05) is 6.07 Å². The van der Waals surface area contributed by atoms with Crippen LogP contribution >= 0.6 is 0 Å². The van der Waals surface area contributed by atoms with Crippen molar-refractivity contribution in [3.63, 3.8) is 0 Å². The number of carboxylic acid groups (broad SMARTS) is 1. The number of fused-ring (bicyclic) bond motifs is 2. The number of hydrogen-bond acceptors (Lipinski definition) is 9. The van der Waals surface area contributed by atoms with Gasteiger partial charge in [0.25, 0.3) is 0 Å². The summed E-state index contributed by atoms with van der Waals surface area (Å²) in [5.41, 5.74) is 6.28. The van der Waals surface area contributed by atoms with Crippen LogP contribution in [0.1, 0.15) is 129 Å². The molecule has 62 heavy (non-hydrogen) atoms. The SMILES string of the molecule is CC(C)(C)C1CCC(Oc2ccc3nc(CN4CC(C(=O)O)C4)cc(C4CC4)c3c2)CC1.COC(=O)C1CN(Cc2ccc3cc(OC4CCC(C(C)(C)C)CC4)ccc3n2)C1. The Bertz CT molecular complexity index is 2200. The van der Waals surface area contributed by atoms with Crippen molar-refractivity contribution in [3.05, 3.63) is 71.5 Å². The molecule has 2 aliphatic heterocycles. The zero-order valence-corrected chi connectivity index (χ0v) is 38.3. The fourth-order valence-corrected chi connectivity index (χ4v) is 10.3. The van der Waals surface area contributed by atoms with Crippen LogP contribution in [-0.4, -0.2) is 82.3 Å². The zero-order valence-electron chi connectivity index (χ0n) is 38.3. The van der Waals surface area contributed by atoms with Gasteiger partial charge in [0.1, 0.15) is 11.5 Å². The minimum absolute atomic E-state index is 0.00799. The maximum Gasteiger partial charge on any atom is 0.311 e. The van der Waals surface area contributed by atoms with Crippen molar-refractivity contribution < 1.29 is 28.9 Å². The van der Waals surface area contributed by atoms with Crippen molar-refractivity contribution in [1.82, 2.24) is 19.8 Å². The van der Waals surface area contributed by atoms with Gasteiger partial charge >= 0.3 is 11.9 Å². The number of esters is 1. The fraction of sp³-hybridized carbons (Fsp3) is 0.615. The van der Waals surface area contributed by atoms with Crippen LogP contribution < -0.4 is 9.47 Å². The first-order valence-corrected chi connectivity index (χ1v) is 23.5. The van der Waals surface area contributed by atoms with Gasteiger partial charge < -0.3 is 19.3 Å². The first-order chi connectivity index (χ1) is 29.6. The van der Waals surface area contributed by atoms with Gasteiger partial charge in [0.15, 0.2) is 0 Å². The van der Waals surface area contributed by atoms with E-state index < -0.39 is 5.97 Å². The summed E-state index contributed by atoms with van der Waals surface area (Å²) in [5, 5.41) is 11.5. The minimum Gasteiger partial charge on any atom is -0.490 e. The van der Waals surface area contributed by atoms with E-state index in [1.54, 1.807) is 0 Å². The van der Waals surface area contributed by atoms with Crippen LogP contribution in [0.15, 0.2) is 54.6 Å². The Morgan fingerprint density at radius 1 is 0.629 bits per heavy atom. The van der Waals surface area contributed by atoms with Crippen LogP contribution in [0.3, 0.4) is 0 Å². The lowest BCUT2D eigenvalue weighted by atomic mass is 9.72. The molecule has 10 nitrogen and oxygen atoms in total. The van der Waals surface area contributed by atoms with Gasteiger partial charge in [-0.05, 0) is 147 Å². The van der Waals surface area contributed by atoms with Gasteiger partial charge in [-0.1, -0.05) is 47.6 Å². The quantitative estimate of drug-likeness (QED) is 0.146. The molecule has 10 heteroatoms. The smallest absolute Gasteiger partial charge is 0.311 e. The number of nitrogens with zero attached hydrogens (tertiary/aromatic N) is 4. The van der Waals surface area contributed by atoms with E-state index in [0.717, 1.165) is 103 Å². The number of rotatable bonds is 11. The van der Waals surface area contributed by atoms with Crippen molar-refractivity contribution in [2.75, 3.05) is 33.3 Å². The number of hydrogen-bond donors (Lipinski definition) is 1. The lowest BCUT2D eigenvalue weighted by Gasteiger charge is -2.37. The van der Waals surface area contributed by atoms with Gasteiger partial charge in [0.2, 0.25) is 0 Å². The molecule has 5 aliphatic rings. The molecule has 4 heterocycles. The van der Waals surface area contributed by atoms with E-state index in [1.165, 1.54) is 56.6 Å². The Morgan fingerprint density at radius 2 is 1.15 bits per heavy atom. The molecule has 2 aromatic carbocycles. The Hall–Kier alpha value is -4.28. The number of pyridine rings is 2. The summed E-state index contributed by atoms with van der Waals surface area (Å²) in [6.45, 7) is 18.4. The number of ether oxygens (including phenoxy) is 3. The number of benzene rings is 2. The minimum atomic E-state index is -0.689. The maximum absolute atomic E-state index is 11.5. The summed E-state index contributed by atoms with van der Waals surface area (Å²) < 4.78 is 17.6. The number of methoxy groups -OCH3 is 1. The number of aliphatic carboxylic acids is 1. The molecule has 0 radical (unpaired) electrons. The Balaban J connectivity index is 0.000000171. The van der Waals surface area contributed by atoms with E-state index in [4.69, 9.17) is 29.3 Å². The van der Waals surface area contributed by atoms with Crippen molar-refractivity contribution >= 4 is 33.7 Å². The Morgan fingerprint density at radius 3 is 1.68 bits per heavy atom. The summed E-state index contributed by atoms with van der Waals surface area (Å²) in [5.74, 6) is 3.11. The highest BCUT2D eigenvalue weighted by molar-refractivity contribution is 5.85. The van der Waals surface area contributed by atoms with Crippen LogP contribution in [0.2, 0.25) is 0 Å². The van der Waals surface area contributed by atoms with Crippen molar-refractivity contribution in [2.24, 2.45) is 34.5 Å². The second-order valence-corrected chi connectivity index (χ2v) is 21.4. The molecule has 3 aliphatic carbocycles. The first-order valence-electron chi connectivity index (χ1n) is 23.5. The van der Waals surface area contributed by atoms with E-state index in [0.29, 0.717) is 42.0 Å². The molecule has 2 saturated heterocycles. The van der Waals surface area contributed by atoms with E-state index in [9.17, 15) is 9.59 Å². The molecule has 0 bridgehead atoms. The highest BCUT2D eigenvalue weighted by Crippen LogP contribution is 2.45. The van der Waals surface area contributed by atoms with E-state index >= 15 is 0 Å². The van der Waals surface area contributed by atoms with Gasteiger partial charge in [-0.25, -0.2) is 0 Å². The average Bonchev–Trinajstić information content (AvgIpc) is 4.06. The molecular formula is C52H70N4O6. The summed E-state index contributed by atoms with van der Waals surface area (Å²) in [6.07, 6.45) is 12.7. The van der Waals surface area contributed by atoms with Crippen molar-refractivity contribution in [3.8, 4) is 11.5 Å². The molecule has 334 valence electrons. The predicted octanol–water partition coefficient (Wildman–Crippen LogP) is 10.4. The molecule has 0 amide bonds. The summed E-state index contributed by atoms with van der Waals surface area (Å²) in [6, 6.07) is 19.1. The summed E-state index contributed by atoms with van der Waals surface area (Å²) >= 11 is 0. The third-order valence-electron chi connectivity index (χ3n) is 14.6. The van der Waals surface area contributed by atoms with Gasteiger partial charge in [0.05, 0.1) is 53.6 Å². The monoisotopic (exact) mass is 847 g/mol. The zero-order chi connectivity index (χ0) is 43.8. The standard InChI is InChI=1S/C27H36N2O3.C25H34N2O3/c1-27(2,3)19-6-8-21(9-7-19)32-22-10-11-25-24(13-22)23(17-4-5-17)12-20(28-25)16-29-14-18(15-29)26(30)31;1-25(2,3)19-6-9-21(10-7-19)30-22-11-12-23-17(13-22)5-8-20(26-23)16-27-14-18(15-27)24(28)29-4/h10-13,17-19,21H,4-9,14-16H2,1-3H3,(H,30,31);5,8,11-13,18-19,21H,6-7,9-10,14-16H2,1-4H3. The number of likely N-dealkylation sites (tertiary alicyclic amines) is 2. The molecular weight excluding hydrogens is 777 g/mol. The molecule has 0 atom stereocenters. The molecule has 1 N–H and O–H groups in total. The van der Waals surface area contributed by atoms with Gasteiger partial charge in [-0.2, -0.15) is 0 Å². The van der Waals surface area contributed by atoms with Gasteiger partial charge in [-0.15, -0.1) is 0 Å². The maximum atomic E-state index is 11.5. The van der Waals surface area contributed by atoms with Gasteiger partial charge in [0, 0.05) is 50.0 Å². The van der Waals surface area contributed by atoms with E-state index in [2.05, 4.69) is 99.9 Å².